The van der Waals surface area contributed by atoms with Crippen molar-refractivity contribution < 1.29 is 42.3 Å². The molecule has 0 unspecified atom stereocenters. The Morgan fingerprint density at radius 3 is 2.00 bits per heavy atom. The number of nitrogens with two attached hydrogens (primary N) is 1. The van der Waals surface area contributed by atoms with Crippen LogP contribution in [0.2, 0.25) is 0 Å². The number of alkyl halides is 3. The van der Waals surface area contributed by atoms with Crippen LogP contribution in [0, 0.1) is 11.8 Å². The molecule has 0 aromatic carbocycles. The Balaban J connectivity index is 2.84. The standard InChI is InChI=1S/C29H43F3N6O8/c1-8-34(9-2)20-13-21(40)37(15-22(41)42)26(45)36(20)14-19(39)28(33,17(5)6)25(44)38(27(46)35-12-10-11-18(35)7)23(16(3)4)24(43)29(30,31)32/h13,16-18,23H,8-12,14-15,33H2,1-7H3,(H,41,42)/t18-,23+,28-/m1/s1. The Kier molecular flexibility index (Phi) is 12.1. The van der Waals surface area contributed by atoms with Gasteiger partial charge in [-0.05, 0) is 45.4 Å². The van der Waals surface area contributed by atoms with Crippen molar-refractivity contribution in [2.45, 2.75) is 98.2 Å². The fraction of sp³-hybridized carbons (Fsp3) is 0.690. The van der Waals surface area contributed by atoms with Crippen LogP contribution in [0.1, 0.15) is 61.3 Å². The van der Waals surface area contributed by atoms with Crippen LogP contribution in [-0.2, 0) is 32.3 Å². The molecule has 1 fully saturated rings. The number of nitrogens with zero attached hydrogens (tertiary/aromatic N) is 5. The van der Waals surface area contributed by atoms with Crippen LogP contribution >= 0.6 is 0 Å². The Hall–Kier alpha value is -4.02. The van der Waals surface area contributed by atoms with E-state index in [0.29, 0.717) is 17.4 Å². The number of likely N-dealkylation sites (tertiary alicyclic amines) is 1. The summed E-state index contributed by atoms with van der Waals surface area (Å²) in [5, 5.41) is 9.26. The number of hydrogen-bond donors (Lipinski definition) is 2. The lowest BCUT2D eigenvalue weighted by molar-refractivity contribution is -0.179. The Morgan fingerprint density at radius 1 is 1.02 bits per heavy atom. The van der Waals surface area contributed by atoms with Crippen molar-refractivity contribution >= 4 is 35.3 Å². The molecule has 0 saturated carbocycles. The number of hydrogen-bond acceptors (Lipinski definition) is 9. The van der Waals surface area contributed by atoms with E-state index in [0.717, 1.165) is 15.5 Å². The van der Waals surface area contributed by atoms with E-state index in [1.54, 1.807) is 20.8 Å². The Morgan fingerprint density at radius 2 is 1.59 bits per heavy atom. The zero-order chi connectivity index (χ0) is 35.5. The minimum atomic E-state index is -5.45. The van der Waals surface area contributed by atoms with E-state index in [1.165, 1.54) is 32.6 Å². The van der Waals surface area contributed by atoms with Crippen LogP contribution in [-0.4, -0.2) is 96.9 Å². The zero-order valence-electron chi connectivity index (χ0n) is 27.1. The first kappa shape index (κ1) is 38.2. The molecule has 14 nitrogen and oxygen atoms in total. The quantitative estimate of drug-likeness (QED) is 0.294. The topological polar surface area (TPSA) is 185 Å². The number of ketones is 2. The number of carbonyl (C=O) groups is 5. The van der Waals surface area contributed by atoms with Gasteiger partial charge < -0.3 is 20.6 Å². The van der Waals surface area contributed by atoms with Gasteiger partial charge in [0.25, 0.3) is 17.2 Å². The molecule has 3 amide bonds. The van der Waals surface area contributed by atoms with Gasteiger partial charge in [-0.2, -0.15) is 13.2 Å². The summed E-state index contributed by atoms with van der Waals surface area (Å²) < 4.78 is 42.7. The lowest BCUT2D eigenvalue weighted by Gasteiger charge is -2.41. The van der Waals surface area contributed by atoms with Gasteiger partial charge in [0.15, 0.2) is 11.3 Å². The van der Waals surface area contributed by atoms with Gasteiger partial charge in [0.05, 0.1) is 6.54 Å². The summed E-state index contributed by atoms with van der Waals surface area (Å²) in [6, 6.07) is -3.13. The Bertz CT molecular complexity index is 1470. The average Bonchev–Trinajstić information content (AvgIpc) is 3.39. The van der Waals surface area contributed by atoms with Crippen molar-refractivity contribution in [3.05, 3.63) is 26.9 Å². The van der Waals surface area contributed by atoms with Gasteiger partial charge in [-0.1, -0.05) is 27.7 Å². The minimum Gasteiger partial charge on any atom is -0.480 e. The summed E-state index contributed by atoms with van der Waals surface area (Å²) in [6.07, 6.45) is -4.49. The smallest absolute Gasteiger partial charge is 0.452 e. The summed E-state index contributed by atoms with van der Waals surface area (Å²) in [5.74, 6) is -9.23. The molecular formula is C29H43F3N6O8. The number of carboxylic acid groups (broad SMARTS) is 1. The molecule has 0 aliphatic carbocycles. The molecule has 1 aromatic heterocycles. The molecule has 1 aliphatic heterocycles. The SMILES string of the molecule is CCN(CC)c1cc(=O)n(CC(=O)O)c(=O)n1CC(=O)[C@@](N)(C(=O)N(C(=O)N1CCC[C@H]1C)[C@H](C(=O)C(F)(F)F)C(C)C)C(C)C. The first-order valence-corrected chi connectivity index (χ1v) is 15.0. The molecule has 3 N–H and O–H groups in total. The largest absolute Gasteiger partial charge is 0.480 e. The van der Waals surface area contributed by atoms with Gasteiger partial charge in [0, 0.05) is 31.7 Å². The number of Topliss-reactive ketones (excluding diaryl/α,β-unsaturated/α-hetero) is 2. The number of imide groups is 1. The van der Waals surface area contributed by atoms with Crippen LogP contribution in [0.3, 0.4) is 0 Å². The highest BCUT2D eigenvalue weighted by molar-refractivity contribution is 6.16. The molecule has 1 aromatic rings. The van der Waals surface area contributed by atoms with E-state index >= 15 is 0 Å². The second-order valence-corrected chi connectivity index (χ2v) is 12.0. The van der Waals surface area contributed by atoms with Crippen molar-refractivity contribution in [1.82, 2.24) is 18.9 Å². The number of amides is 3. The number of carboxylic acids is 1. The van der Waals surface area contributed by atoms with Crippen molar-refractivity contribution in [3.8, 4) is 0 Å². The van der Waals surface area contributed by atoms with E-state index < -0.39 is 89.4 Å². The number of urea groups is 1. The monoisotopic (exact) mass is 660 g/mol. The third-order valence-electron chi connectivity index (χ3n) is 8.35. The molecule has 46 heavy (non-hydrogen) atoms. The van der Waals surface area contributed by atoms with Crippen LogP contribution in [0.5, 0.6) is 0 Å². The normalized spacial score (nSPS) is 17.2. The predicted molar refractivity (Wildman–Crippen MR) is 160 cm³/mol. The summed E-state index contributed by atoms with van der Waals surface area (Å²) >= 11 is 0. The molecule has 1 saturated heterocycles. The highest BCUT2D eigenvalue weighted by Crippen LogP contribution is 2.31. The number of anilines is 1. The van der Waals surface area contributed by atoms with Crippen LogP contribution in [0.15, 0.2) is 15.7 Å². The minimum absolute atomic E-state index is 0.0791. The molecule has 17 heteroatoms. The van der Waals surface area contributed by atoms with Gasteiger partial charge in [-0.3, -0.25) is 33.4 Å². The summed E-state index contributed by atoms with van der Waals surface area (Å²) in [4.78, 5) is 95.5. The molecule has 0 bridgehead atoms. The Labute approximate surface area is 263 Å². The summed E-state index contributed by atoms with van der Waals surface area (Å²) in [5.41, 5.74) is 1.54. The highest BCUT2D eigenvalue weighted by atomic mass is 19.4. The molecular weight excluding hydrogens is 617 g/mol. The molecule has 3 atom stereocenters. The number of aliphatic carboxylic acids is 1. The number of carbonyl (C=O) groups excluding carboxylic acids is 4. The third-order valence-corrected chi connectivity index (χ3v) is 8.35. The van der Waals surface area contributed by atoms with Crippen LogP contribution < -0.4 is 21.9 Å². The van der Waals surface area contributed by atoms with Crippen molar-refractivity contribution in [1.29, 1.82) is 0 Å². The maximum absolute atomic E-state index is 14.4. The second kappa shape index (κ2) is 14.6. The number of aromatic nitrogens is 2. The van der Waals surface area contributed by atoms with E-state index in [2.05, 4.69) is 0 Å². The van der Waals surface area contributed by atoms with Crippen LogP contribution in [0.25, 0.3) is 0 Å². The van der Waals surface area contributed by atoms with Gasteiger partial charge in [-0.25, -0.2) is 14.2 Å². The number of rotatable bonds is 13. The van der Waals surface area contributed by atoms with Gasteiger partial charge in [0.2, 0.25) is 0 Å². The molecule has 0 spiro atoms. The van der Waals surface area contributed by atoms with Crippen molar-refractivity contribution in [2.75, 3.05) is 24.5 Å². The first-order chi connectivity index (χ1) is 21.2. The third kappa shape index (κ3) is 7.50. The fourth-order valence-electron chi connectivity index (χ4n) is 5.58. The maximum atomic E-state index is 14.4. The molecule has 2 rings (SSSR count). The molecule has 2 heterocycles. The average molecular weight is 661 g/mol. The van der Waals surface area contributed by atoms with Gasteiger partial charge in [-0.15, -0.1) is 0 Å². The fourth-order valence-corrected chi connectivity index (χ4v) is 5.58. The van der Waals surface area contributed by atoms with Crippen molar-refractivity contribution in [3.63, 3.8) is 0 Å². The van der Waals surface area contributed by atoms with E-state index in [1.807, 2.05) is 0 Å². The number of halogens is 3. The maximum Gasteiger partial charge on any atom is 0.452 e. The predicted octanol–water partition coefficient (Wildman–Crippen LogP) is 1.45. The van der Waals surface area contributed by atoms with Crippen LogP contribution in [0.4, 0.5) is 23.8 Å². The van der Waals surface area contributed by atoms with E-state index in [-0.39, 0.29) is 30.4 Å². The lowest BCUT2D eigenvalue weighted by Crippen LogP contribution is -2.70. The molecule has 0 radical (unpaired) electrons. The summed E-state index contributed by atoms with van der Waals surface area (Å²) in [6.45, 7) is 8.51. The van der Waals surface area contributed by atoms with E-state index in [4.69, 9.17) is 5.73 Å². The van der Waals surface area contributed by atoms with E-state index in [9.17, 15) is 51.8 Å². The molecule has 1 aliphatic rings. The van der Waals surface area contributed by atoms with Crippen molar-refractivity contribution in [2.24, 2.45) is 17.6 Å². The zero-order valence-corrected chi connectivity index (χ0v) is 27.1. The van der Waals surface area contributed by atoms with Gasteiger partial charge in [0.1, 0.15) is 18.4 Å². The highest BCUT2D eigenvalue weighted by Gasteiger charge is 2.56. The van der Waals surface area contributed by atoms with Gasteiger partial charge >= 0.3 is 23.9 Å². The first-order valence-electron chi connectivity index (χ1n) is 15.0. The second-order valence-electron chi connectivity index (χ2n) is 12.0. The lowest BCUT2D eigenvalue weighted by atomic mass is 9.80. The summed E-state index contributed by atoms with van der Waals surface area (Å²) in [7, 11) is 0. The molecule has 258 valence electrons.